The van der Waals surface area contributed by atoms with Gasteiger partial charge in [0.2, 0.25) is 0 Å². The van der Waals surface area contributed by atoms with Gasteiger partial charge in [0.15, 0.2) is 0 Å². The maximum Gasteiger partial charge on any atom is 0.416 e. The molecule has 2 aromatic heterocycles. The predicted molar refractivity (Wildman–Crippen MR) is 70.6 cm³/mol. The number of alkyl halides is 3. The molecular weight excluding hydrogens is 289 g/mol. The van der Waals surface area contributed by atoms with E-state index in [2.05, 4.69) is 4.98 Å². The molecule has 0 saturated carbocycles. The number of aromatic nitrogens is 2. The van der Waals surface area contributed by atoms with Crippen LogP contribution in [0.2, 0.25) is 5.15 Å². The summed E-state index contributed by atoms with van der Waals surface area (Å²) >= 11 is 6.08. The molecule has 102 valence electrons. The molecule has 0 amide bonds. The molecule has 0 atom stereocenters. The highest BCUT2D eigenvalue weighted by Gasteiger charge is 2.30. The second-order valence-electron chi connectivity index (χ2n) is 4.27. The molecule has 1 aromatic carbocycles. The molecular formula is C14H8ClF3N2. The summed E-state index contributed by atoms with van der Waals surface area (Å²) in [7, 11) is 0. The zero-order chi connectivity index (χ0) is 14.3. The molecule has 0 unspecified atom stereocenters. The molecule has 0 aliphatic rings. The monoisotopic (exact) mass is 296 g/mol. The summed E-state index contributed by atoms with van der Waals surface area (Å²) in [5, 5.41) is 0.396. The van der Waals surface area contributed by atoms with Crippen molar-refractivity contribution < 1.29 is 13.2 Å². The van der Waals surface area contributed by atoms with E-state index in [1.165, 1.54) is 6.07 Å². The fourth-order valence-corrected chi connectivity index (χ4v) is 2.30. The third-order valence-electron chi connectivity index (χ3n) is 2.95. The maximum absolute atomic E-state index is 12.7. The Morgan fingerprint density at radius 1 is 1.05 bits per heavy atom. The number of rotatable bonds is 1. The minimum Gasteiger partial charge on any atom is -0.283 e. The van der Waals surface area contributed by atoms with Crippen molar-refractivity contribution in [1.82, 2.24) is 9.38 Å². The standard InChI is InChI=1S/C14H8ClF3N2/c15-12-6-2-5-11-8-19-13(20(11)12)9-3-1-4-10(7-9)14(16,17)18/h1-8H. The first kappa shape index (κ1) is 13.0. The summed E-state index contributed by atoms with van der Waals surface area (Å²) in [6, 6.07) is 10.2. The van der Waals surface area contributed by atoms with Crippen LogP contribution in [0.25, 0.3) is 16.9 Å². The Kier molecular flexibility index (Phi) is 2.94. The van der Waals surface area contributed by atoms with E-state index in [1.54, 1.807) is 34.9 Å². The Bertz CT molecular complexity index is 777. The molecule has 20 heavy (non-hydrogen) atoms. The SMILES string of the molecule is FC(F)(F)c1cccc(-c2ncc3cccc(Cl)n23)c1. The van der Waals surface area contributed by atoms with Gasteiger partial charge in [0, 0.05) is 5.56 Å². The number of hydrogen-bond donors (Lipinski definition) is 0. The molecule has 0 fully saturated rings. The molecule has 3 aromatic rings. The van der Waals surface area contributed by atoms with E-state index < -0.39 is 11.7 Å². The lowest BCUT2D eigenvalue weighted by Crippen LogP contribution is -2.04. The van der Waals surface area contributed by atoms with Gasteiger partial charge < -0.3 is 0 Å². The molecule has 2 nitrogen and oxygen atoms in total. The van der Waals surface area contributed by atoms with Crippen LogP contribution < -0.4 is 0 Å². The van der Waals surface area contributed by atoms with Gasteiger partial charge in [-0.05, 0) is 24.3 Å². The van der Waals surface area contributed by atoms with Gasteiger partial charge in [-0.15, -0.1) is 0 Å². The van der Waals surface area contributed by atoms with Crippen LogP contribution in [0, 0.1) is 0 Å². The molecule has 0 spiro atoms. The molecule has 0 aliphatic carbocycles. The van der Waals surface area contributed by atoms with Crippen LogP contribution in [0.3, 0.4) is 0 Å². The summed E-state index contributed by atoms with van der Waals surface area (Å²) in [5.74, 6) is 0.386. The van der Waals surface area contributed by atoms with Crippen LogP contribution in [0.15, 0.2) is 48.7 Å². The molecule has 0 radical (unpaired) electrons. The fraction of sp³-hybridized carbons (Fsp3) is 0.0714. The lowest BCUT2D eigenvalue weighted by Gasteiger charge is -2.09. The van der Waals surface area contributed by atoms with Gasteiger partial charge in [-0.1, -0.05) is 29.8 Å². The van der Waals surface area contributed by atoms with Crippen LogP contribution in [-0.2, 0) is 6.18 Å². The van der Waals surface area contributed by atoms with Crippen molar-refractivity contribution in [2.24, 2.45) is 0 Å². The average Bonchev–Trinajstić information content (AvgIpc) is 2.83. The van der Waals surface area contributed by atoms with Crippen molar-refractivity contribution >= 4 is 17.1 Å². The third-order valence-corrected chi connectivity index (χ3v) is 3.25. The topological polar surface area (TPSA) is 17.3 Å². The lowest BCUT2D eigenvalue weighted by atomic mass is 10.1. The highest BCUT2D eigenvalue weighted by atomic mass is 35.5. The molecule has 0 bridgehead atoms. The first-order chi connectivity index (χ1) is 9.47. The average molecular weight is 297 g/mol. The van der Waals surface area contributed by atoms with E-state index in [4.69, 9.17) is 11.6 Å². The van der Waals surface area contributed by atoms with E-state index in [9.17, 15) is 13.2 Å². The fourth-order valence-electron chi connectivity index (χ4n) is 2.05. The van der Waals surface area contributed by atoms with Gasteiger partial charge in [-0.2, -0.15) is 13.2 Å². The first-order valence-electron chi connectivity index (χ1n) is 5.76. The number of benzene rings is 1. The van der Waals surface area contributed by atoms with Gasteiger partial charge in [0.05, 0.1) is 17.3 Å². The minimum atomic E-state index is -4.38. The predicted octanol–water partition coefficient (Wildman–Crippen LogP) is 4.67. The van der Waals surface area contributed by atoms with Crippen molar-refractivity contribution in [3.05, 3.63) is 59.4 Å². The molecule has 0 saturated heterocycles. The summed E-state index contributed by atoms with van der Waals surface area (Å²) in [5.41, 5.74) is 0.386. The Balaban J connectivity index is 2.22. The van der Waals surface area contributed by atoms with Crippen LogP contribution in [0.1, 0.15) is 5.56 Å². The maximum atomic E-state index is 12.7. The van der Waals surface area contributed by atoms with E-state index in [0.29, 0.717) is 16.5 Å². The lowest BCUT2D eigenvalue weighted by molar-refractivity contribution is -0.137. The van der Waals surface area contributed by atoms with Crippen LogP contribution in [-0.4, -0.2) is 9.38 Å². The Morgan fingerprint density at radius 3 is 2.55 bits per heavy atom. The first-order valence-corrected chi connectivity index (χ1v) is 6.14. The van der Waals surface area contributed by atoms with E-state index in [-0.39, 0.29) is 0 Å². The largest absolute Gasteiger partial charge is 0.416 e. The van der Waals surface area contributed by atoms with Gasteiger partial charge in [-0.25, -0.2) is 4.98 Å². The van der Waals surface area contributed by atoms with Gasteiger partial charge in [-0.3, -0.25) is 4.40 Å². The van der Waals surface area contributed by atoms with Crippen molar-refractivity contribution in [3.63, 3.8) is 0 Å². The van der Waals surface area contributed by atoms with Crippen LogP contribution in [0.4, 0.5) is 13.2 Å². The van der Waals surface area contributed by atoms with E-state index >= 15 is 0 Å². The van der Waals surface area contributed by atoms with Crippen molar-refractivity contribution in [2.45, 2.75) is 6.18 Å². The van der Waals surface area contributed by atoms with Gasteiger partial charge >= 0.3 is 6.18 Å². The summed E-state index contributed by atoms with van der Waals surface area (Å²) in [6.45, 7) is 0. The normalized spacial score (nSPS) is 12.0. The highest BCUT2D eigenvalue weighted by Crippen LogP contribution is 2.32. The number of halogens is 4. The third kappa shape index (κ3) is 2.14. The second-order valence-corrected chi connectivity index (χ2v) is 4.66. The van der Waals surface area contributed by atoms with E-state index in [1.807, 2.05) is 0 Å². The molecule has 2 heterocycles. The smallest absolute Gasteiger partial charge is 0.283 e. The zero-order valence-electron chi connectivity index (χ0n) is 10.0. The molecule has 0 N–H and O–H groups in total. The van der Waals surface area contributed by atoms with Gasteiger partial charge in [0.25, 0.3) is 0 Å². The quantitative estimate of drug-likeness (QED) is 0.596. The molecule has 0 aliphatic heterocycles. The summed E-state index contributed by atoms with van der Waals surface area (Å²) < 4.78 is 39.9. The number of hydrogen-bond acceptors (Lipinski definition) is 1. The van der Waals surface area contributed by atoms with Crippen molar-refractivity contribution in [2.75, 3.05) is 0 Å². The molecule has 6 heteroatoms. The van der Waals surface area contributed by atoms with Gasteiger partial charge in [0.1, 0.15) is 11.0 Å². The molecule has 3 rings (SSSR count). The number of pyridine rings is 1. The zero-order valence-corrected chi connectivity index (χ0v) is 10.8. The second kappa shape index (κ2) is 4.52. The minimum absolute atomic E-state index is 0.368. The number of fused-ring (bicyclic) bond motifs is 1. The van der Waals surface area contributed by atoms with Crippen molar-refractivity contribution in [1.29, 1.82) is 0 Å². The van der Waals surface area contributed by atoms with Crippen LogP contribution >= 0.6 is 11.6 Å². The van der Waals surface area contributed by atoms with Crippen molar-refractivity contribution in [3.8, 4) is 11.4 Å². The Hall–Kier alpha value is -2.01. The van der Waals surface area contributed by atoms with Crippen LogP contribution in [0.5, 0.6) is 0 Å². The summed E-state index contributed by atoms with van der Waals surface area (Å²) in [6.07, 6.45) is -2.81. The highest BCUT2D eigenvalue weighted by molar-refractivity contribution is 6.30. The number of imidazole rings is 1. The summed E-state index contributed by atoms with van der Waals surface area (Å²) in [4.78, 5) is 4.16. The number of nitrogens with zero attached hydrogens (tertiary/aromatic N) is 2. The van der Waals surface area contributed by atoms with E-state index in [0.717, 1.165) is 17.6 Å². The Morgan fingerprint density at radius 2 is 1.80 bits per heavy atom. The Labute approximate surface area is 117 Å².